The molecule has 0 aliphatic carbocycles. The van der Waals surface area contributed by atoms with Gasteiger partial charge in [0.15, 0.2) is 0 Å². The third-order valence-electron chi connectivity index (χ3n) is 15.3. The summed E-state index contributed by atoms with van der Waals surface area (Å²) >= 11 is 12.9. The van der Waals surface area contributed by atoms with Crippen LogP contribution in [0.25, 0.3) is 66.8 Å². The Morgan fingerprint density at radius 3 is 1.31 bits per heavy atom. The minimum atomic E-state index is -4.26. The van der Waals surface area contributed by atoms with Crippen LogP contribution in [0.2, 0.25) is 10.0 Å². The van der Waals surface area contributed by atoms with Crippen LogP contribution in [-0.2, 0) is 28.1 Å². The number of sulfone groups is 1. The van der Waals surface area contributed by atoms with E-state index in [0.717, 1.165) is 22.3 Å². The topological polar surface area (TPSA) is 139 Å². The summed E-state index contributed by atoms with van der Waals surface area (Å²) in [5.41, 5.74) is 7.71. The van der Waals surface area contributed by atoms with E-state index in [9.17, 15) is 13.0 Å². The SMILES string of the molecule is O=P1(/C=C/C=C/P2(=O)Oc3ccc(Cl)cc3-c3ccc(-c4ccc5c(c4)OP(=O)(c4ccc6c(c4)S(=O)(=O)c4cc(P7(=O)Oc8ccccc8-c8ccccc87)ccc4-6)c4ccccc4-5)cc32)Oc2ccc(Cl)cc2-c2ccccc21. The second-order valence-electron chi connectivity index (χ2n) is 20.0. The van der Waals surface area contributed by atoms with Gasteiger partial charge in [-0.2, -0.15) is 0 Å². The van der Waals surface area contributed by atoms with Gasteiger partial charge in [-0.15, -0.1) is 0 Å². The van der Waals surface area contributed by atoms with Crippen LogP contribution in [0.5, 0.6) is 23.0 Å². The Morgan fingerprint density at radius 2 is 0.741 bits per heavy atom. The quantitative estimate of drug-likeness (QED) is 0.117. The molecule has 0 amide bonds. The molecule has 10 nitrogen and oxygen atoms in total. The smallest absolute Gasteiger partial charge is 0.307 e. The van der Waals surface area contributed by atoms with Crippen LogP contribution in [0.1, 0.15) is 0 Å². The lowest BCUT2D eigenvalue weighted by molar-refractivity contribution is 0.499. The first-order valence-electron chi connectivity index (χ1n) is 25.5. The van der Waals surface area contributed by atoms with Crippen molar-refractivity contribution in [3.8, 4) is 89.8 Å². The highest BCUT2D eigenvalue weighted by Gasteiger charge is 2.44. The summed E-state index contributed by atoms with van der Waals surface area (Å²) in [5.74, 6) is 4.49. The third-order valence-corrected chi connectivity index (χ3v) is 26.7. The summed E-state index contributed by atoms with van der Waals surface area (Å²) in [5, 5.41) is 3.13. The van der Waals surface area contributed by atoms with Gasteiger partial charge < -0.3 is 18.1 Å². The second kappa shape index (κ2) is 18.2. The Bertz CT molecular complexity index is 4880. The van der Waals surface area contributed by atoms with Gasteiger partial charge in [-0.25, -0.2) is 8.42 Å². The average Bonchev–Trinajstić information content (AvgIpc) is 3.83. The number of para-hydroxylation sites is 1. The number of rotatable bonds is 6. The Labute approximate surface area is 475 Å². The van der Waals surface area contributed by atoms with Gasteiger partial charge in [0, 0.05) is 55.1 Å². The van der Waals surface area contributed by atoms with Crippen LogP contribution in [0, 0.1) is 0 Å². The third kappa shape index (κ3) is 7.72. The lowest BCUT2D eigenvalue weighted by Gasteiger charge is -2.30. The molecule has 5 aliphatic heterocycles. The predicted octanol–water partition coefficient (Wildman–Crippen LogP) is 15.7. The van der Waals surface area contributed by atoms with E-state index in [0.29, 0.717) is 93.0 Å². The van der Waals surface area contributed by atoms with Crippen molar-refractivity contribution in [2.75, 3.05) is 0 Å². The largest absolute Gasteiger partial charge is 0.437 e. The number of hydrogen-bond acceptors (Lipinski definition) is 10. The van der Waals surface area contributed by atoms with Crippen molar-refractivity contribution in [1.29, 1.82) is 0 Å². The summed E-state index contributed by atoms with van der Waals surface area (Å²) in [4.78, 5) is -0.0857. The van der Waals surface area contributed by atoms with Crippen molar-refractivity contribution in [3.63, 3.8) is 0 Å². The highest BCUT2D eigenvalue weighted by Crippen LogP contribution is 2.61. The molecular formula is C64H38Cl2O10P4S. The first-order chi connectivity index (χ1) is 39.1. The van der Waals surface area contributed by atoms with E-state index in [1.807, 2.05) is 72.8 Å². The molecule has 5 aliphatic rings. The first kappa shape index (κ1) is 50.3. The molecule has 10 aromatic rings. The van der Waals surface area contributed by atoms with Crippen LogP contribution in [0.4, 0.5) is 0 Å². The summed E-state index contributed by atoms with van der Waals surface area (Å²) in [6, 6.07) is 59.9. The Morgan fingerprint density at radius 1 is 0.333 bits per heavy atom. The summed E-state index contributed by atoms with van der Waals surface area (Å²) < 4.78 is 116. The molecule has 0 aromatic heterocycles. The number of hydrogen-bond donors (Lipinski definition) is 0. The lowest BCUT2D eigenvalue weighted by atomic mass is 9.97. The van der Waals surface area contributed by atoms with Crippen molar-refractivity contribution in [2.24, 2.45) is 0 Å². The van der Waals surface area contributed by atoms with E-state index >= 15 is 13.7 Å². The Kier molecular flexibility index (Phi) is 11.3. The zero-order valence-corrected chi connectivity index (χ0v) is 47.9. The molecule has 0 fully saturated rings. The maximum atomic E-state index is 15.9. The zero-order valence-electron chi connectivity index (χ0n) is 42.0. The molecule has 0 radical (unpaired) electrons. The minimum absolute atomic E-state index is 0.0330. The maximum Gasteiger partial charge on any atom is 0.307 e. The van der Waals surface area contributed by atoms with Crippen molar-refractivity contribution >= 4 is 94.3 Å². The highest BCUT2D eigenvalue weighted by atomic mass is 35.5. The van der Waals surface area contributed by atoms with Crippen molar-refractivity contribution < 1.29 is 44.8 Å². The molecular weight excluding hydrogens is 1160 g/mol. The molecule has 4 unspecified atom stereocenters. The van der Waals surface area contributed by atoms with Gasteiger partial charge in [0.05, 0.1) is 41.6 Å². The molecule has 81 heavy (non-hydrogen) atoms. The zero-order chi connectivity index (χ0) is 55.2. The van der Waals surface area contributed by atoms with Gasteiger partial charge in [-0.05, 0) is 137 Å². The highest BCUT2D eigenvalue weighted by molar-refractivity contribution is 7.92. The monoisotopic (exact) mass is 1190 g/mol. The van der Waals surface area contributed by atoms with Gasteiger partial charge in [-0.1, -0.05) is 138 Å². The fourth-order valence-corrected chi connectivity index (χ4v) is 22.2. The molecule has 394 valence electrons. The fraction of sp³-hybridized carbons (Fsp3) is 0. The van der Waals surface area contributed by atoms with Gasteiger partial charge in [0.2, 0.25) is 9.84 Å². The number of halogens is 2. The molecule has 5 heterocycles. The molecule has 10 aromatic carbocycles. The van der Waals surface area contributed by atoms with Crippen LogP contribution in [0.15, 0.2) is 240 Å². The molecule has 4 atom stereocenters. The van der Waals surface area contributed by atoms with Crippen molar-refractivity contribution in [2.45, 2.75) is 9.79 Å². The van der Waals surface area contributed by atoms with E-state index in [1.165, 1.54) is 23.8 Å². The fourth-order valence-electron chi connectivity index (χ4n) is 11.5. The Balaban J connectivity index is 0.771. The van der Waals surface area contributed by atoms with E-state index in [2.05, 4.69) is 0 Å². The van der Waals surface area contributed by atoms with Crippen LogP contribution < -0.4 is 49.9 Å². The lowest BCUT2D eigenvalue weighted by Crippen LogP contribution is -2.26. The molecule has 0 saturated carbocycles. The van der Waals surface area contributed by atoms with Crippen LogP contribution in [0.3, 0.4) is 0 Å². The van der Waals surface area contributed by atoms with Gasteiger partial charge in [-0.3, -0.25) is 18.3 Å². The van der Waals surface area contributed by atoms with E-state index in [1.54, 1.807) is 133 Å². The maximum absolute atomic E-state index is 15.9. The molecule has 15 rings (SSSR count). The van der Waals surface area contributed by atoms with Crippen LogP contribution in [-0.4, -0.2) is 8.42 Å². The van der Waals surface area contributed by atoms with Gasteiger partial charge in [0.1, 0.15) is 23.0 Å². The number of allylic oxidation sites excluding steroid dienone is 2. The molecule has 17 heteroatoms. The van der Waals surface area contributed by atoms with E-state index in [-0.39, 0.29) is 26.1 Å². The van der Waals surface area contributed by atoms with E-state index in [4.69, 9.17) is 41.3 Å². The number of benzene rings is 10. The Hall–Kier alpha value is -7.67. The molecule has 0 spiro atoms. The summed E-state index contributed by atoms with van der Waals surface area (Å²) in [6.45, 7) is 0. The number of fused-ring (bicyclic) bond motifs is 15. The predicted molar refractivity (Wildman–Crippen MR) is 323 cm³/mol. The molecule has 0 bridgehead atoms. The summed E-state index contributed by atoms with van der Waals surface area (Å²) in [7, 11) is -19.7. The first-order valence-corrected chi connectivity index (χ1v) is 34.4. The molecule has 0 N–H and O–H groups in total. The van der Waals surface area contributed by atoms with Crippen LogP contribution >= 0.6 is 52.7 Å². The molecule has 0 saturated heterocycles. The van der Waals surface area contributed by atoms with Crippen molar-refractivity contribution in [3.05, 3.63) is 240 Å². The normalized spacial score (nSPS) is 21.6. The standard InChI is InChI=1S/C64H38Cl2O10P4S/c65-41-21-29-56-53(35-41)49-14-2-6-16-59(49)77(67,73-56)31-9-10-32-78(68)62-34-40(20-26-50(62)54-36-42(66)22-30-57(54)74-78)39-19-25-46-48-13-4-8-18-61(48)80(70,76-58(46)33-39)44-24-28-52-51-27-23-43(37-63(51)81(71,72)64(52)38-44)79(69)60-17-7-3-12-47(60)45-11-1-5-15-55(45)75-79/h1-38H/b31-9+,32-10+. The van der Waals surface area contributed by atoms with Gasteiger partial charge in [0.25, 0.3) is 14.7 Å². The van der Waals surface area contributed by atoms with Crippen molar-refractivity contribution in [1.82, 2.24) is 0 Å². The minimum Gasteiger partial charge on any atom is -0.437 e. The second-order valence-corrected chi connectivity index (χ2v) is 31.6. The summed E-state index contributed by atoms with van der Waals surface area (Å²) in [6.07, 6.45) is 3.11. The van der Waals surface area contributed by atoms with E-state index < -0.39 is 39.3 Å². The average molecular weight is 1190 g/mol. The van der Waals surface area contributed by atoms with Gasteiger partial charge >= 0.3 is 14.7 Å².